The zero-order valence-corrected chi connectivity index (χ0v) is 11.1. The highest BCUT2D eigenvalue weighted by Crippen LogP contribution is 2.17. The van der Waals surface area contributed by atoms with Gasteiger partial charge in [0.25, 0.3) is 0 Å². The third-order valence-electron chi connectivity index (χ3n) is 4.05. The van der Waals surface area contributed by atoms with Crippen molar-refractivity contribution in [3.05, 3.63) is 0 Å². The molecule has 2 unspecified atom stereocenters. The predicted octanol–water partition coefficient (Wildman–Crippen LogP) is 0.520. The molecule has 0 aromatic heterocycles. The van der Waals surface area contributed by atoms with Gasteiger partial charge in [0, 0.05) is 32.2 Å². The summed E-state index contributed by atoms with van der Waals surface area (Å²) in [5.74, 6) is 0. The van der Waals surface area contributed by atoms with Gasteiger partial charge in [0.1, 0.15) is 0 Å². The lowest BCUT2D eigenvalue weighted by atomic mass is 10.1. The zero-order chi connectivity index (χ0) is 12.1. The summed E-state index contributed by atoms with van der Waals surface area (Å²) in [7, 11) is 2.18. The first kappa shape index (κ1) is 13.3. The van der Waals surface area contributed by atoms with Crippen molar-refractivity contribution in [1.82, 2.24) is 9.80 Å². The molecule has 4 nitrogen and oxygen atoms in total. The molecule has 4 heteroatoms. The molecule has 0 saturated carbocycles. The van der Waals surface area contributed by atoms with E-state index < -0.39 is 0 Å². The summed E-state index contributed by atoms with van der Waals surface area (Å²) in [6.45, 7) is 6.06. The SMILES string of the molecule is CN1CCOC(CN2CCCCCC2CN)C1. The van der Waals surface area contributed by atoms with E-state index in [0.29, 0.717) is 12.1 Å². The van der Waals surface area contributed by atoms with Crippen LogP contribution in [0.15, 0.2) is 0 Å². The van der Waals surface area contributed by atoms with Crippen molar-refractivity contribution in [2.75, 3.05) is 46.4 Å². The van der Waals surface area contributed by atoms with E-state index in [1.807, 2.05) is 0 Å². The number of nitrogens with two attached hydrogens (primary N) is 1. The fraction of sp³-hybridized carbons (Fsp3) is 1.00. The molecule has 0 amide bonds. The molecule has 2 aliphatic heterocycles. The van der Waals surface area contributed by atoms with E-state index >= 15 is 0 Å². The smallest absolute Gasteiger partial charge is 0.0829 e. The van der Waals surface area contributed by atoms with Gasteiger partial charge in [0.15, 0.2) is 0 Å². The van der Waals surface area contributed by atoms with Crippen molar-refractivity contribution >= 4 is 0 Å². The van der Waals surface area contributed by atoms with Crippen LogP contribution >= 0.6 is 0 Å². The molecule has 17 heavy (non-hydrogen) atoms. The number of hydrogen-bond donors (Lipinski definition) is 1. The van der Waals surface area contributed by atoms with Crippen LogP contribution in [0.4, 0.5) is 0 Å². The van der Waals surface area contributed by atoms with E-state index in [1.54, 1.807) is 0 Å². The minimum atomic E-state index is 0.376. The quantitative estimate of drug-likeness (QED) is 0.782. The fourth-order valence-electron chi connectivity index (χ4n) is 2.98. The molecule has 2 heterocycles. The van der Waals surface area contributed by atoms with Crippen molar-refractivity contribution in [3.8, 4) is 0 Å². The lowest BCUT2D eigenvalue weighted by molar-refractivity contribution is -0.0405. The average molecular weight is 241 g/mol. The molecule has 2 saturated heterocycles. The van der Waals surface area contributed by atoms with Crippen LogP contribution in [0.25, 0.3) is 0 Å². The molecular formula is C13H27N3O. The molecular weight excluding hydrogens is 214 g/mol. The summed E-state index contributed by atoms with van der Waals surface area (Å²) < 4.78 is 5.86. The van der Waals surface area contributed by atoms with Crippen LogP contribution < -0.4 is 5.73 Å². The molecule has 2 aliphatic rings. The largest absolute Gasteiger partial charge is 0.374 e. The van der Waals surface area contributed by atoms with Gasteiger partial charge in [-0.2, -0.15) is 0 Å². The van der Waals surface area contributed by atoms with E-state index in [2.05, 4.69) is 16.8 Å². The summed E-state index contributed by atoms with van der Waals surface area (Å²) in [6.07, 6.45) is 5.65. The van der Waals surface area contributed by atoms with Crippen molar-refractivity contribution < 1.29 is 4.74 Å². The highest BCUT2D eigenvalue weighted by molar-refractivity contribution is 4.80. The van der Waals surface area contributed by atoms with Gasteiger partial charge in [-0.15, -0.1) is 0 Å². The van der Waals surface area contributed by atoms with E-state index in [-0.39, 0.29) is 0 Å². The minimum absolute atomic E-state index is 0.376. The van der Waals surface area contributed by atoms with Gasteiger partial charge in [0.05, 0.1) is 12.7 Å². The number of likely N-dealkylation sites (tertiary alicyclic amines) is 1. The Kier molecular flexibility index (Phi) is 5.22. The Balaban J connectivity index is 1.85. The van der Waals surface area contributed by atoms with Gasteiger partial charge in [-0.1, -0.05) is 12.8 Å². The molecule has 100 valence electrons. The topological polar surface area (TPSA) is 41.7 Å². The maximum atomic E-state index is 5.90. The number of morpholine rings is 1. The summed E-state index contributed by atoms with van der Waals surface area (Å²) in [6, 6.07) is 0.577. The standard InChI is InChI=1S/C13H27N3O/c1-15-7-8-17-13(10-15)11-16-6-4-2-3-5-12(16)9-14/h12-13H,2-11,14H2,1H3. The van der Waals surface area contributed by atoms with Crippen LogP contribution in [0, 0.1) is 0 Å². The third-order valence-corrected chi connectivity index (χ3v) is 4.05. The Morgan fingerprint density at radius 1 is 1.24 bits per heavy atom. The molecule has 2 fully saturated rings. The molecule has 2 N–H and O–H groups in total. The Hall–Kier alpha value is -0.160. The zero-order valence-electron chi connectivity index (χ0n) is 11.1. The summed E-state index contributed by atoms with van der Waals surface area (Å²) >= 11 is 0. The Morgan fingerprint density at radius 3 is 2.88 bits per heavy atom. The van der Waals surface area contributed by atoms with Gasteiger partial charge in [0.2, 0.25) is 0 Å². The molecule has 0 aliphatic carbocycles. The van der Waals surface area contributed by atoms with E-state index in [4.69, 9.17) is 10.5 Å². The number of nitrogens with zero attached hydrogens (tertiary/aromatic N) is 2. The van der Waals surface area contributed by atoms with Crippen LogP contribution in [0.2, 0.25) is 0 Å². The van der Waals surface area contributed by atoms with Gasteiger partial charge in [-0.05, 0) is 26.4 Å². The predicted molar refractivity (Wildman–Crippen MR) is 70.1 cm³/mol. The van der Waals surface area contributed by atoms with Gasteiger partial charge < -0.3 is 15.4 Å². The number of ether oxygens (including phenoxy) is 1. The van der Waals surface area contributed by atoms with Crippen LogP contribution in [0.1, 0.15) is 25.7 Å². The minimum Gasteiger partial charge on any atom is -0.374 e. The number of likely N-dealkylation sites (N-methyl/N-ethyl adjacent to an activating group) is 1. The highest BCUT2D eigenvalue weighted by Gasteiger charge is 2.25. The van der Waals surface area contributed by atoms with Crippen molar-refractivity contribution in [3.63, 3.8) is 0 Å². The molecule has 0 spiro atoms. The van der Waals surface area contributed by atoms with E-state index in [1.165, 1.54) is 32.2 Å². The van der Waals surface area contributed by atoms with Gasteiger partial charge in [-0.25, -0.2) is 0 Å². The Bertz CT molecular complexity index is 225. The molecule has 2 rings (SSSR count). The first-order valence-electron chi connectivity index (χ1n) is 7.04. The molecule has 2 atom stereocenters. The first-order valence-corrected chi connectivity index (χ1v) is 7.04. The maximum Gasteiger partial charge on any atom is 0.0829 e. The second kappa shape index (κ2) is 6.69. The number of rotatable bonds is 3. The normalized spacial score (nSPS) is 33.5. The van der Waals surface area contributed by atoms with Crippen LogP contribution in [0.3, 0.4) is 0 Å². The Morgan fingerprint density at radius 2 is 2.12 bits per heavy atom. The maximum absolute atomic E-state index is 5.90. The fourth-order valence-corrected chi connectivity index (χ4v) is 2.98. The highest BCUT2D eigenvalue weighted by atomic mass is 16.5. The summed E-state index contributed by atoms with van der Waals surface area (Å²) in [5.41, 5.74) is 5.90. The Labute approximate surface area is 105 Å². The van der Waals surface area contributed by atoms with Crippen molar-refractivity contribution in [2.24, 2.45) is 5.73 Å². The average Bonchev–Trinajstić information content (AvgIpc) is 2.54. The van der Waals surface area contributed by atoms with E-state index in [0.717, 1.165) is 32.8 Å². The summed E-state index contributed by atoms with van der Waals surface area (Å²) in [5, 5.41) is 0. The molecule has 0 aromatic rings. The monoisotopic (exact) mass is 241 g/mol. The lowest BCUT2D eigenvalue weighted by Gasteiger charge is -2.36. The number of hydrogen-bond acceptors (Lipinski definition) is 4. The molecule has 0 radical (unpaired) electrons. The molecule has 0 bridgehead atoms. The molecule has 0 aromatic carbocycles. The van der Waals surface area contributed by atoms with Gasteiger partial charge in [-0.3, -0.25) is 4.90 Å². The van der Waals surface area contributed by atoms with Crippen LogP contribution in [0.5, 0.6) is 0 Å². The van der Waals surface area contributed by atoms with Crippen LogP contribution in [-0.4, -0.2) is 68.3 Å². The summed E-state index contributed by atoms with van der Waals surface area (Å²) in [4.78, 5) is 4.93. The lowest BCUT2D eigenvalue weighted by Crippen LogP contribution is -2.50. The second-order valence-corrected chi connectivity index (χ2v) is 5.49. The van der Waals surface area contributed by atoms with Crippen molar-refractivity contribution in [1.29, 1.82) is 0 Å². The van der Waals surface area contributed by atoms with E-state index in [9.17, 15) is 0 Å². The first-order chi connectivity index (χ1) is 8.29. The van der Waals surface area contributed by atoms with Crippen molar-refractivity contribution in [2.45, 2.75) is 37.8 Å². The second-order valence-electron chi connectivity index (χ2n) is 5.49. The van der Waals surface area contributed by atoms with Gasteiger partial charge >= 0.3 is 0 Å². The third kappa shape index (κ3) is 3.91. The van der Waals surface area contributed by atoms with Crippen LogP contribution in [-0.2, 0) is 4.74 Å².